The first-order valence-electron chi connectivity index (χ1n) is 6.40. The molecule has 1 heterocycles. The van der Waals surface area contributed by atoms with Crippen LogP contribution < -0.4 is 0 Å². The number of methoxy groups -OCH3 is 1. The predicted octanol–water partition coefficient (Wildman–Crippen LogP) is 3.16. The minimum absolute atomic E-state index is 0.246. The van der Waals surface area contributed by atoms with E-state index in [0.717, 1.165) is 29.6 Å². The summed E-state index contributed by atoms with van der Waals surface area (Å²) in [5, 5.41) is 4.15. The molecule has 0 bridgehead atoms. The molecule has 0 saturated heterocycles. The molecule has 2 aromatic rings. The lowest BCUT2D eigenvalue weighted by Gasteiger charge is -2.28. The highest BCUT2D eigenvalue weighted by Gasteiger charge is 2.50. The molecule has 1 aromatic carbocycles. The second-order valence-corrected chi connectivity index (χ2v) is 6.08. The van der Waals surface area contributed by atoms with Crippen molar-refractivity contribution in [2.24, 2.45) is 0 Å². The third kappa shape index (κ3) is 1.61. The van der Waals surface area contributed by atoms with E-state index in [4.69, 9.17) is 9.26 Å². The Kier molecular flexibility index (Phi) is 2.38. The summed E-state index contributed by atoms with van der Waals surface area (Å²) >= 11 is 3.60. The Hall–Kier alpha value is -1.20. The van der Waals surface area contributed by atoms with E-state index in [1.165, 1.54) is 11.1 Å². The summed E-state index contributed by atoms with van der Waals surface area (Å²) < 4.78 is 12.0. The van der Waals surface area contributed by atoms with Crippen LogP contribution in [-0.2, 0) is 16.8 Å². The van der Waals surface area contributed by atoms with E-state index in [1.807, 2.05) is 0 Å². The molecule has 0 aliphatic heterocycles. The van der Waals surface area contributed by atoms with Crippen LogP contribution in [0.4, 0.5) is 0 Å². The van der Waals surface area contributed by atoms with E-state index in [1.54, 1.807) is 7.11 Å². The van der Waals surface area contributed by atoms with Gasteiger partial charge in [-0.15, -0.1) is 0 Å². The second kappa shape index (κ2) is 3.90. The fourth-order valence-electron chi connectivity index (χ4n) is 2.74. The first-order chi connectivity index (χ1) is 9.23. The highest BCUT2D eigenvalue weighted by atomic mass is 79.9. The average molecular weight is 321 g/mol. The fourth-order valence-corrected chi connectivity index (χ4v) is 3.43. The smallest absolute Gasteiger partial charge is 0.258 e. The van der Waals surface area contributed by atoms with E-state index >= 15 is 0 Å². The highest BCUT2D eigenvalue weighted by Crippen LogP contribution is 2.49. The molecule has 1 aromatic heterocycles. The molecule has 5 heteroatoms. The van der Waals surface area contributed by atoms with Gasteiger partial charge in [0.25, 0.3) is 5.89 Å². The summed E-state index contributed by atoms with van der Waals surface area (Å²) in [7, 11) is 1.70. The molecule has 0 spiro atoms. The van der Waals surface area contributed by atoms with Gasteiger partial charge in [0.05, 0.1) is 5.92 Å². The number of aromatic nitrogens is 2. The van der Waals surface area contributed by atoms with Crippen LogP contribution in [0.2, 0.25) is 0 Å². The molecule has 1 atom stereocenters. The van der Waals surface area contributed by atoms with Crippen molar-refractivity contribution >= 4 is 15.9 Å². The Bertz CT molecular complexity index is 634. The average Bonchev–Trinajstić information content (AvgIpc) is 3.03. The number of fused-ring (bicyclic) bond motifs is 1. The lowest BCUT2D eigenvalue weighted by molar-refractivity contribution is 0.0492. The van der Waals surface area contributed by atoms with Crippen LogP contribution >= 0.6 is 15.9 Å². The predicted molar refractivity (Wildman–Crippen MR) is 71.9 cm³/mol. The lowest BCUT2D eigenvalue weighted by Crippen LogP contribution is -2.20. The van der Waals surface area contributed by atoms with Gasteiger partial charge in [-0.05, 0) is 36.5 Å². The van der Waals surface area contributed by atoms with Gasteiger partial charge < -0.3 is 9.26 Å². The molecular weight excluding hydrogens is 308 g/mol. The first kappa shape index (κ1) is 11.6. The summed E-state index contributed by atoms with van der Waals surface area (Å²) in [6.45, 7) is 0. The maximum atomic E-state index is 5.47. The van der Waals surface area contributed by atoms with Gasteiger partial charge in [-0.1, -0.05) is 33.2 Å². The fraction of sp³-hybridized carbons (Fsp3) is 0.429. The Morgan fingerprint density at radius 3 is 2.95 bits per heavy atom. The Balaban J connectivity index is 1.67. The van der Waals surface area contributed by atoms with E-state index < -0.39 is 0 Å². The lowest BCUT2D eigenvalue weighted by atomic mass is 9.77. The summed E-state index contributed by atoms with van der Waals surface area (Å²) in [6.07, 6.45) is 2.92. The number of ether oxygens (including phenoxy) is 1. The molecule has 4 nitrogen and oxygen atoms in total. The van der Waals surface area contributed by atoms with Crippen LogP contribution in [0.3, 0.4) is 0 Å². The van der Waals surface area contributed by atoms with Crippen molar-refractivity contribution in [2.45, 2.75) is 30.8 Å². The number of hydrogen-bond acceptors (Lipinski definition) is 4. The number of nitrogens with zero attached hydrogens (tertiary/aromatic N) is 2. The van der Waals surface area contributed by atoms with E-state index in [2.05, 4.69) is 44.3 Å². The zero-order valence-corrected chi connectivity index (χ0v) is 12.1. The zero-order chi connectivity index (χ0) is 13.0. The molecule has 2 aliphatic rings. The van der Waals surface area contributed by atoms with Crippen LogP contribution in [0.1, 0.15) is 41.6 Å². The Morgan fingerprint density at radius 1 is 1.42 bits per heavy atom. The Morgan fingerprint density at radius 2 is 2.26 bits per heavy atom. The van der Waals surface area contributed by atoms with E-state index in [0.29, 0.717) is 5.89 Å². The maximum Gasteiger partial charge on any atom is 0.258 e. The summed E-state index contributed by atoms with van der Waals surface area (Å²) in [6, 6.07) is 6.27. The molecule has 1 unspecified atom stereocenters. The molecule has 2 aliphatic carbocycles. The largest absolute Gasteiger partial charge is 0.368 e. The van der Waals surface area contributed by atoms with Crippen LogP contribution in [-0.4, -0.2) is 17.3 Å². The van der Waals surface area contributed by atoms with Gasteiger partial charge in [-0.25, -0.2) is 0 Å². The van der Waals surface area contributed by atoms with Gasteiger partial charge in [0.1, 0.15) is 5.60 Å². The quantitative estimate of drug-likeness (QED) is 0.871. The summed E-state index contributed by atoms with van der Waals surface area (Å²) in [4.78, 5) is 4.55. The summed E-state index contributed by atoms with van der Waals surface area (Å²) in [5.41, 5.74) is 2.35. The molecule has 0 amide bonds. The third-order valence-electron chi connectivity index (χ3n) is 4.15. The second-order valence-electron chi connectivity index (χ2n) is 5.23. The van der Waals surface area contributed by atoms with Gasteiger partial charge in [-0.2, -0.15) is 4.98 Å². The molecule has 98 valence electrons. The number of benzene rings is 1. The van der Waals surface area contributed by atoms with Crippen LogP contribution in [0.15, 0.2) is 27.2 Å². The van der Waals surface area contributed by atoms with Gasteiger partial charge in [0.2, 0.25) is 0 Å². The number of hydrogen-bond donors (Lipinski definition) is 0. The maximum absolute atomic E-state index is 5.47. The van der Waals surface area contributed by atoms with Crippen LogP contribution in [0.25, 0.3) is 0 Å². The Labute approximate surface area is 119 Å². The molecular formula is C14H13BrN2O2. The minimum Gasteiger partial charge on any atom is -0.368 e. The monoisotopic (exact) mass is 320 g/mol. The van der Waals surface area contributed by atoms with Crippen molar-refractivity contribution in [3.05, 3.63) is 45.5 Å². The summed E-state index contributed by atoms with van der Waals surface area (Å²) in [5.74, 6) is 1.65. The molecule has 0 radical (unpaired) electrons. The van der Waals surface area contributed by atoms with Gasteiger partial charge in [0, 0.05) is 11.6 Å². The standard InChI is InChI=1S/C14H13BrN2O2/c1-18-14(5-6-14)13-16-12(17-19-13)9-7-8-3-2-4-10(15)11(8)9/h2-4,9H,5-7H2,1H3. The van der Waals surface area contributed by atoms with Crippen molar-refractivity contribution in [1.82, 2.24) is 10.1 Å². The SMILES string of the molecule is COC1(c2nc(C3Cc4cccc(Br)c43)no2)CC1. The van der Waals surface area contributed by atoms with Gasteiger partial charge in [-0.3, -0.25) is 0 Å². The van der Waals surface area contributed by atoms with Crippen LogP contribution in [0.5, 0.6) is 0 Å². The zero-order valence-electron chi connectivity index (χ0n) is 10.5. The topological polar surface area (TPSA) is 48.2 Å². The molecule has 19 heavy (non-hydrogen) atoms. The van der Waals surface area contributed by atoms with Gasteiger partial charge in [0.15, 0.2) is 5.82 Å². The normalized spacial score (nSPS) is 22.7. The van der Waals surface area contributed by atoms with Gasteiger partial charge >= 0.3 is 0 Å². The van der Waals surface area contributed by atoms with Crippen LogP contribution in [0, 0.1) is 0 Å². The molecule has 4 rings (SSSR count). The number of rotatable bonds is 3. The van der Waals surface area contributed by atoms with Crippen molar-refractivity contribution in [1.29, 1.82) is 0 Å². The van der Waals surface area contributed by atoms with Crippen molar-refractivity contribution in [3.63, 3.8) is 0 Å². The minimum atomic E-state index is -0.300. The third-order valence-corrected chi connectivity index (χ3v) is 4.85. The first-order valence-corrected chi connectivity index (χ1v) is 7.19. The van der Waals surface area contributed by atoms with Crippen molar-refractivity contribution < 1.29 is 9.26 Å². The number of halogens is 1. The van der Waals surface area contributed by atoms with E-state index in [9.17, 15) is 0 Å². The molecule has 1 fully saturated rings. The molecule has 1 saturated carbocycles. The van der Waals surface area contributed by atoms with E-state index in [-0.39, 0.29) is 11.5 Å². The van der Waals surface area contributed by atoms with Crippen molar-refractivity contribution in [3.8, 4) is 0 Å². The molecule has 0 N–H and O–H groups in total. The highest BCUT2D eigenvalue weighted by molar-refractivity contribution is 9.10. The van der Waals surface area contributed by atoms with Crippen molar-refractivity contribution in [2.75, 3.05) is 7.11 Å².